The molecule has 1 aliphatic rings. The van der Waals surface area contributed by atoms with Gasteiger partial charge in [0.05, 0.1) is 0 Å². The molecule has 0 aromatic heterocycles. The van der Waals surface area contributed by atoms with Crippen LogP contribution in [-0.2, 0) is 5.60 Å². The summed E-state index contributed by atoms with van der Waals surface area (Å²) in [5, 5.41) is 0.680. The van der Waals surface area contributed by atoms with E-state index < -0.39 is 5.60 Å². The maximum absolute atomic E-state index is 6.39. The van der Waals surface area contributed by atoms with Gasteiger partial charge in [0, 0.05) is 37.6 Å². The van der Waals surface area contributed by atoms with Crippen molar-refractivity contribution in [1.82, 2.24) is 0 Å². The van der Waals surface area contributed by atoms with E-state index in [4.69, 9.17) is 22.1 Å². The first-order valence-corrected chi connectivity index (χ1v) is 8.55. The molecule has 2 aromatic carbocycles. The normalized spacial score (nSPS) is 24.3. The minimum absolute atomic E-state index is 0.0871. The Bertz CT molecular complexity index is 707. The van der Waals surface area contributed by atoms with Gasteiger partial charge in [-0.3, -0.25) is 0 Å². The first-order chi connectivity index (χ1) is 9.89. The van der Waals surface area contributed by atoms with E-state index in [0.717, 1.165) is 25.8 Å². The fourth-order valence-electron chi connectivity index (χ4n) is 2.80. The summed E-state index contributed by atoms with van der Waals surface area (Å²) >= 11 is 13.3. The smallest absolute Gasteiger partial charge is 0.134 e. The number of halogens is 3. The number of rotatable bonds is 1. The molecular formula is C16H14Br2ClNO. The molecule has 0 bridgehead atoms. The lowest BCUT2D eigenvalue weighted by Gasteiger charge is -2.39. The molecule has 0 amide bonds. The predicted molar refractivity (Wildman–Crippen MR) is 92.8 cm³/mol. The highest BCUT2D eigenvalue weighted by Crippen LogP contribution is 2.46. The molecule has 0 radical (unpaired) electrons. The van der Waals surface area contributed by atoms with E-state index in [-0.39, 0.29) is 6.04 Å². The van der Waals surface area contributed by atoms with Gasteiger partial charge in [0.15, 0.2) is 0 Å². The Hall–Kier alpha value is -0.550. The van der Waals surface area contributed by atoms with Gasteiger partial charge in [-0.25, -0.2) is 0 Å². The molecule has 2 aromatic rings. The molecule has 0 saturated carbocycles. The van der Waals surface area contributed by atoms with Crippen molar-refractivity contribution in [1.29, 1.82) is 0 Å². The van der Waals surface area contributed by atoms with Crippen LogP contribution in [0.25, 0.3) is 0 Å². The Morgan fingerprint density at radius 1 is 1.19 bits per heavy atom. The Kier molecular flexibility index (Phi) is 4.08. The van der Waals surface area contributed by atoms with Gasteiger partial charge in [0.25, 0.3) is 0 Å². The molecule has 2 nitrogen and oxygen atoms in total. The first kappa shape index (κ1) is 15.3. The quantitative estimate of drug-likeness (QED) is 0.641. The summed E-state index contributed by atoms with van der Waals surface area (Å²) in [6.07, 6.45) is 0.678. The van der Waals surface area contributed by atoms with Gasteiger partial charge in [0.2, 0.25) is 0 Å². The topological polar surface area (TPSA) is 35.2 Å². The van der Waals surface area contributed by atoms with E-state index in [1.165, 1.54) is 0 Å². The van der Waals surface area contributed by atoms with Crippen molar-refractivity contribution in [2.24, 2.45) is 5.73 Å². The van der Waals surface area contributed by atoms with Crippen molar-refractivity contribution in [3.8, 4) is 5.75 Å². The number of fused-ring (bicyclic) bond motifs is 1. The van der Waals surface area contributed by atoms with Gasteiger partial charge in [-0.1, -0.05) is 49.5 Å². The van der Waals surface area contributed by atoms with E-state index in [9.17, 15) is 0 Å². The summed E-state index contributed by atoms with van der Waals surface area (Å²) in [7, 11) is 0. The van der Waals surface area contributed by atoms with E-state index in [1.807, 2.05) is 43.3 Å². The van der Waals surface area contributed by atoms with Crippen LogP contribution >= 0.6 is 43.5 Å². The van der Waals surface area contributed by atoms with Gasteiger partial charge in [0.1, 0.15) is 11.4 Å². The van der Waals surface area contributed by atoms with Crippen molar-refractivity contribution in [2.45, 2.75) is 25.0 Å². The van der Waals surface area contributed by atoms with Crippen molar-refractivity contribution in [3.63, 3.8) is 0 Å². The third-order valence-corrected chi connectivity index (χ3v) is 5.12. The van der Waals surface area contributed by atoms with Crippen LogP contribution < -0.4 is 10.5 Å². The lowest BCUT2D eigenvalue weighted by Crippen LogP contribution is -2.38. The highest BCUT2D eigenvalue weighted by Gasteiger charge is 2.38. The highest BCUT2D eigenvalue weighted by atomic mass is 79.9. The Morgan fingerprint density at radius 3 is 2.57 bits per heavy atom. The summed E-state index contributed by atoms with van der Waals surface area (Å²) in [4.78, 5) is 0. The van der Waals surface area contributed by atoms with Crippen LogP contribution in [0.3, 0.4) is 0 Å². The van der Waals surface area contributed by atoms with Crippen LogP contribution in [0.5, 0.6) is 5.75 Å². The molecular weight excluding hydrogens is 417 g/mol. The molecule has 2 atom stereocenters. The minimum Gasteiger partial charge on any atom is -0.482 e. The van der Waals surface area contributed by atoms with Crippen LogP contribution in [0.1, 0.15) is 30.5 Å². The Morgan fingerprint density at radius 2 is 1.86 bits per heavy atom. The third kappa shape index (κ3) is 2.87. The third-order valence-electron chi connectivity index (χ3n) is 3.82. The fourth-order valence-corrected chi connectivity index (χ4v) is 4.05. The van der Waals surface area contributed by atoms with Gasteiger partial charge >= 0.3 is 0 Å². The molecule has 0 fully saturated rings. The molecule has 3 rings (SSSR count). The Labute approximate surface area is 145 Å². The second-order valence-electron chi connectivity index (χ2n) is 5.45. The van der Waals surface area contributed by atoms with Crippen LogP contribution in [0, 0.1) is 0 Å². The summed E-state index contributed by atoms with van der Waals surface area (Å²) in [5.74, 6) is 0.818. The zero-order valence-electron chi connectivity index (χ0n) is 11.4. The maximum atomic E-state index is 6.39. The average Bonchev–Trinajstić information content (AvgIpc) is 2.39. The van der Waals surface area contributed by atoms with Crippen LogP contribution in [0.2, 0.25) is 5.02 Å². The zero-order valence-corrected chi connectivity index (χ0v) is 15.3. The number of benzene rings is 2. The van der Waals surface area contributed by atoms with E-state index in [1.54, 1.807) is 0 Å². The molecule has 1 aliphatic heterocycles. The summed E-state index contributed by atoms with van der Waals surface area (Å²) in [6, 6.07) is 11.7. The zero-order chi connectivity index (χ0) is 15.2. The second kappa shape index (κ2) is 5.58. The summed E-state index contributed by atoms with van der Waals surface area (Å²) < 4.78 is 8.20. The number of nitrogens with two attached hydrogens (primary N) is 1. The lowest BCUT2D eigenvalue weighted by atomic mass is 9.84. The van der Waals surface area contributed by atoms with Gasteiger partial charge in [-0.2, -0.15) is 0 Å². The van der Waals surface area contributed by atoms with Crippen LogP contribution in [0.4, 0.5) is 0 Å². The van der Waals surface area contributed by atoms with Crippen molar-refractivity contribution >= 4 is 43.5 Å². The molecule has 21 heavy (non-hydrogen) atoms. The molecule has 1 heterocycles. The van der Waals surface area contributed by atoms with E-state index in [0.29, 0.717) is 11.4 Å². The predicted octanol–water partition coefficient (Wildman–Crippen LogP) is 5.56. The Balaban J connectivity index is 2.06. The lowest BCUT2D eigenvalue weighted by molar-refractivity contribution is 0.0512. The summed E-state index contributed by atoms with van der Waals surface area (Å²) in [5.41, 5.74) is 7.80. The molecule has 2 N–H and O–H groups in total. The minimum atomic E-state index is -0.530. The highest BCUT2D eigenvalue weighted by molar-refractivity contribution is 9.10. The molecule has 5 heteroatoms. The molecule has 0 spiro atoms. The van der Waals surface area contributed by atoms with Crippen molar-refractivity contribution in [2.75, 3.05) is 0 Å². The van der Waals surface area contributed by atoms with Gasteiger partial charge in [-0.05, 0) is 37.3 Å². The first-order valence-electron chi connectivity index (χ1n) is 6.59. The van der Waals surface area contributed by atoms with Crippen molar-refractivity contribution < 1.29 is 4.74 Å². The monoisotopic (exact) mass is 429 g/mol. The molecule has 0 aliphatic carbocycles. The molecule has 0 saturated heterocycles. The van der Waals surface area contributed by atoms with Crippen LogP contribution in [-0.4, -0.2) is 0 Å². The summed E-state index contributed by atoms with van der Waals surface area (Å²) in [6.45, 7) is 2.03. The molecule has 1 unspecified atom stereocenters. The van der Waals surface area contributed by atoms with Gasteiger partial charge < -0.3 is 10.5 Å². The number of ether oxygens (including phenoxy) is 1. The maximum Gasteiger partial charge on any atom is 0.134 e. The fraction of sp³-hybridized carbons (Fsp3) is 0.250. The van der Waals surface area contributed by atoms with Crippen LogP contribution in [0.15, 0.2) is 45.3 Å². The van der Waals surface area contributed by atoms with Crippen molar-refractivity contribution in [3.05, 3.63) is 61.5 Å². The largest absolute Gasteiger partial charge is 0.482 e. The van der Waals surface area contributed by atoms with E-state index >= 15 is 0 Å². The second-order valence-corrected chi connectivity index (χ2v) is 7.69. The van der Waals surface area contributed by atoms with E-state index in [2.05, 4.69) is 31.9 Å². The van der Waals surface area contributed by atoms with Gasteiger partial charge in [-0.15, -0.1) is 0 Å². The SMILES string of the molecule is CC1(c2ccc(Br)cc2Cl)C[C@@H](N)c2cc(Br)ccc2O1. The number of hydrogen-bond donors (Lipinski definition) is 1. The standard InChI is InChI=1S/C16H14Br2ClNO/c1-16(12-4-2-10(18)7-13(12)19)8-14(20)11-6-9(17)3-5-15(11)21-16/h2-7,14H,8,20H2,1H3/t14-,16?/m1/s1. The molecule has 110 valence electrons. The average molecular weight is 432 g/mol. The number of hydrogen-bond acceptors (Lipinski definition) is 2.